The zero-order valence-corrected chi connectivity index (χ0v) is 6.95. The first-order valence-corrected chi connectivity index (χ1v) is 3.64. The van der Waals surface area contributed by atoms with Crippen LogP contribution in [0, 0.1) is 0 Å². The molecular formula is C8H7ClN2O. The Bertz CT molecular complexity index is 323. The smallest absolute Gasteiger partial charge is 0.142 e. The van der Waals surface area contributed by atoms with E-state index in [0.717, 1.165) is 0 Å². The summed E-state index contributed by atoms with van der Waals surface area (Å²) in [5.41, 5.74) is 6.55. The summed E-state index contributed by atoms with van der Waals surface area (Å²) in [4.78, 5) is 13.9. The van der Waals surface area contributed by atoms with Gasteiger partial charge in [0.25, 0.3) is 0 Å². The highest BCUT2D eigenvalue weighted by Gasteiger charge is 1.96. The number of nitrogen functional groups attached to an aromatic ring is 1. The Balaban J connectivity index is 3.01. The molecular weight excluding hydrogens is 176 g/mol. The Morgan fingerprint density at radius 1 is 1.58 bits per heavy atom. The maximum Gasteiger partial charge on any atom is 0.142 e. The van der Waals surface area contributed by atoms with Gasteiger partial charge in [-0.25, -0.2) is 0 Å². The molecule has 1 aromatic rings. The summed E-state index contributed by atoms with van der Waals surface area (Å²) in [7, 11) is 0. The molecule has 4 heteroatoms. The number of aldehydes is 1. The lowest BCUT2D eigenvalue weighted by Crippen LogP contribution is -1.91. The Morgan fingerprint density at radius 3 is 2.92 bits per heavy atom. The number of nitrogens with zero attached hydrogens (tertiary/aromatic N) is 1. The SMILES string of the molecule is Nc1cc(Cl)cnc1/C=C/C=O. The van der Waals surface area contributed by atoms with Gasteiger partial charge in [0.1, 0.15) is 6.29 Å². The van der Waals surface area contributed by atoms with Crippen molar-refractivity contribution < 1.29 is 4.79 Å². The standard InChI is InChI=1S/C8H7ClN2O/c9-6-4-7(10)8(11-5-6)2-1-3-12/h1-5H,10H2/b2-1+. The first-order valence-electron chi connectivity index (χ1n) is 3.27. The summed E-state index contributed by atoms with van der Waals surface area (Å²) in [6.07, 6.45) is 4.99. The quantitative estimate of drug-likeness (QED) is 0.558. The maximum absolute atomic E-state index is 9.97. The third kappa shape index (κ3) is 2.07. The molecule has 1 aromatic heterocycles. The first-order chi connectivity index (χ1) is 5.74. The van der Waals surface area contributed by atoms with Crippen LogP contribution < -0.4 is 5.73 Å². The second-order valence-electron chi connectivity index (χ2n) is 2.12. The van der Waals surface area contributed by atoms with Crippen molar-refractivity contribution in [2.75, 3.05) is 5.73 Å². The number of carbonyl (C=O) groups excluding carboxylic acids is 1. The molecule has 0 saturated heterocycles. The van der Waals surface area contributed by atoms with Gasteiger partial charge in [0.2, 0.25) is 0 Å². The van der Waals surface area contributed by atoms with Crippen LogP contribution in [-0.2, 0) is 4.79 Å². The van der Waals surface area contributed by atoms with Crippen molar-refractivity contribution in [1.82, 2.24) is 4.98 Å². The van der Waals surface area contributed by atoms with Gasteiger partial charge in [-0.15, -0.1) is 0 Å². The van der Waals surface area contributed by atoms with Crippen LogP contribution in [0.4, 0.5) is 5.69 Å². The topological polar surface area (TPSA) is 56.0 Å². The van der Waals surface area contributed by atoms with Crippen LogP contribution in [0.25, 0.3) is 6.08 Å². The molecule has 0 aliphatic carbocycles. The molecule has 0 aromatic carbocycles. The van der Waals surface area contributed by atoms with Gasteiger partial charge in [-0.05, 0) is 18.2 Å². The summed E-state index contributed by atoms with van der Waals surface area (Å²) >= 11 is 5.61. The zero-order valence-electron chi connectivity index (χ0n) is 6.20. The summed E-state index contributed by atoms with van der Waals surface area (Å²) < 4.78 is 0. The Morgan fingerprint density at radius 2 is 2.33 bits per heavy atom. The number of nitrogens with two attached hydrogens (primary N) is 1. The van der Waals surface area contributed by atoms with Crippen molar-refractivity contribution in [2.24, 2.45) is 0 Å². The number of rotatable bonds is 2. The van der Waals surface area contributed by atoms with Crippen molar-refractivity contribution in [3.63, 3.8) is 0 Å². The van der Waals surface area contributed by atoms with E-state index in [0.29, 0.717) is 22.7 Å². The molecule has 0 unspecified atom stereocenters. The number of aromatic nitrogens is 1. The molecule has 0 aliphatic rings. The second-order valence-corrected chi connectivity index (χ2v) is 2.56. The van der Waals surface area contributed by atoms with Gasteiger partial charge in [-0.3, -0.25) is 9.78 Å². The average molecular weight is 183 g/mol. The molecule has 0 radical (unpaired) electrons. The number of pyridine rings is 1. The van der Waals surface area contributed by atoms with E-state index in [9.17, 15) is 4.79 Å². The van der Waals surface area contributed by atoms with E-state index in [1.54, 1.807) is 6.07 Å². The van der Waals surface area contributed by atoms with Gasteiger partial charge in [0.05, 0.1) is 16.4 Å². The van der Waals surface area contributed by atoms with Crippen LogP contribution in [0.3, 0.4) is 0 Å². The minimum atomic E-state index is 0.459. The van der Waals surface area contributed by atoms with E-state index in [1.165, 1.54) is 18.3 Å². The van der Waals surface area contributed by atoms with E-state index in [4.69, 9.17) is 17.3 Å². The van der Waals surface area contributed by atoms with E-state index < -0.39 is 0 Å². The van der Waals surface area contributed by atoms with Crippen LogP contribution >= 0.6 is 11.6 Å². The monoisotopic (exact) mass is 182 g/mol. The molecule has 62 valence electrons. The number of allylic oxidation sites excluding steroid dienone is 1. The number of halogens is 1. The average Bonchev–Trinajstić information content (AvgIpc) is 2.03. The maximum atomic E-state index is 9.97. The van der Waals surface area contributed by atoms with Crippen molar-refractivity contribution in [2.45, 2.75) is 0 Å². The molecule has 0 amide bonds. The minimum absolute atomic E-state index is 0.459. The van der Waals surface area contributed by atoms with E-state index in [1.807, 2.05) is 0 Å². The highest BCUT2D eigenvalue weighted by molar-refractivity contribution is 6.30. The minimum Gasteiger partial charge on any atom is -0.397 e. The fraction of sp³-hybridized carbons (Fsp3) is 0. The Kier molecular flexibility index (Phi) is 2.82. The van der Waals surface area contributed by atoms with E-state index >= 15 is 0 Å². The molecule has 1 rings (SSSR count). The van der Waals surface area contributed by atoms with Gasteiger partial charge in [-0.2, -0.15) is 0 Å². The van der Waals surface area contributed by atoms with Crippen molar-refractivity contribution in [3.05, 3.63) is 29.1 Å². The largest absolute Gasteiger partial charge is 0.397 e. The summed E-state index contributed by atoms with van der Waals surface area (Å²) in [5, 5.41) is 0.482. The predicted octanol–water partition coefficient (Wildman–Crippen LogP) is 1.53. The Hall–Kier alpha value is -1.35. The molecule has 0 bridgehead atoms. The summed E-state index contributed by atoms with van der Waals surface area (Å²) in [6.45, 7) is 0. The lowest BCUT2D eigenvalue weighted by atomic mass is 10.3. The number of anilines is 1. The van der Waals surface area contributed by atoms with Crippen LogP contribution in [0.2, 0.25) is 5.02 Å². The zero-order chi connectivity index (χ0) is 8.97. The normalized spacial score (nSPS) is 10.4. The van der Waals surface area contributed by atoms with Crippen LogP contribution in [-0.4, -0.2) is 11.3 Å². The van der Waals surface area contributed by atoms with Gasteiger partial charge < -0.3 is 5.73 Å². The molecule has 0 saturated carbocycles. The van der Waals surface area contributed by atoms with E-state index in [2.05, 4.69) is 4.98 Å². The summed E-state index contributed by atoms with van der Waals surface area (Å²) in [6, 6.07) is 1.58. The first kappa shape index (κ1) is 8.74. The van der Waals surface area contributed by atoms with Crippen LogP contribution in [0.5, 0.6) is 0 Å². The third-order valence-electron chi connectivity index (χ3n) is 1.25. The molecule has 0 atom stereocenters. The molecule has 1 heterocycles. The summed E-state index contributed by atoms with van der Waals surface area (Å²) in [5.74, 6) is 0. The number of hydrogen-bond donors (Lipinski definition) is 1. The number of carbonyl (C=O) groups is 1. The Labute approximate surface area is 74.9 Å². The second kappa shape index (κ2) is 3.88. The fourth-order valence-electron chi connectivity index (χ4n) is 0.735. The van der Waals surface area contributed by atoms with Gasteiger partial charge >= 0.3 is 0 Å². The molecule has 0 fully saturated rings. The van der Waals surface area contributed by atoms with E-state index in [-0.39, 0.29) is 0 Å². The third-order valence-corrected chi connectivity index (χ3v) is 1.46. The molecule has 3 nitrogen and oxygen atoms in total. The highest BCUT2D eigenvalue weighted by Crippen LogP contribution is 2.15. The van der Waals surface area contributed by atoms with Crippen molar-refractivity contribution in [1.29, 1.82) is 0 Å². The molecule has 0 spiro atoms. The van der Waals surface area contributed by atoms with Crippen molar-refractivity contribution >= 4 is 29.7 Å². The van der Waals surface area contributed by atoms with Crippen LogP contribution in [0.1, 0.15) is 5.69 Å². The lowest BCUT2D eigenvalue weighted by molar-refractivity contribution is -0.104. The van der Waals surface area contributed by atoms with Crippen LogP contribution in [0.15, 0.2) is 18.3 Å². The predicted molar refractivity (Wildman–Crippen MR) is 48.8 cm³/mol. The fourth-order valence-corrected chi connectivity index (χ4v) is 0.902. The molecule has 12 heavy (non-hydrogen) atoms. The molecule has 0 aliphatic heterocycles. The van der Waals surface area contributed by atoms with Gasteiger partial charge in [-0.1, -0.05) is 11.6 Å². The van der Waals surface area contributed by atoms with Crippen molar-refractivity contribution in [3.8, 4) is 0 Å². The van der Waals surface area contributed by atoms with Gasteiger partial charge in [0, 0.05) is 6.20 Å². The molecule has 2 N–H and O–H groups in total. The highest BCUT2D eigenvalue weighted by atomic mass is 35.5. The number of hydrogen-bond acceptors (Lipinski definition) is 3. The van der Waals surface area contributed by atoms with Gasteiger partial charge in [0.15, 0.2) is 0 Å². The lowest BCUT2D eigenvalue weighted by Gasteiger charge is -1.97.